The normalized spacial score (nSPS) is 32.0. The van der Waals surface area contributed by atoms with Crippen LogP contribution in [0.25, 0.3) is 0 Å². The Balaban J connectivity index is 1.29. The number of allylic oxidation sites excluding steroid dienone is 2. The van der Waals surface area contributed by atoms with Gasteiger partial charge in [-0.05, 0) is 36.8 Å². The van der Waals surface area contributed by atoms with Gasteiger partial charge < -0.3 is 14.2 Å². The molecule has 0 aromatic carbocycles. The summed E-state index contributed by atoms with van der Waals surface area (Å²) in [5.74, 6) is 3.09. The molecule has 2 heterocycles. The number of amides is 1. The summed E-state index contributed by atoms with van der Waals surface area (Å²) in [5, 5.41) is 0. The highest BCUT2D eigenvalue weighted by atomic mass is 16.3. The minimum atomic E-state index is 0.0434. The number of hydrogen-bond acceptors (Lipinski definition) is 2. The smallest absolute Gasteiger partial charge is 0.289 e. The molecule has 1 aliphatic heterocycles. The molecule has 1 aromatic rings. The van der Waals surface area contributed by atoms with Crippen molar-refractivity contribution in [1.29, 1.82) is 0 Å². The zero-order chi connectivity index (χ0) is 14.2. The maximum atomic E-state index is 12.2. The van der Waals surface area contributed by atoms with Gasteiger partial charge >= 0.3 is 0 Å². The molecule has 2 aliphatic carbocycles. The van der Waals surface area contributed by atoms with Crippen LogP contribution >= 0.6 is 0 Å². The van der Waals surface area contributed by atoms with Crippen LogP contribution in [0, 0.1) is 17.8 Å². The molecule has 0 radical (unpaired) electrons. The fourth-order valence-corrected chi connectivity index (χ4v) is 4.29. The summed E-state index contributed by atoms with van der Waals surface area (Å²) in [6.45, 7) is 5.14. The van der Waals surface area contributed by atoms with Gasteiger partial charge in [0.2, 0.25) is 0 Å². The van der Waals surface area contributed by atoms with E-state index in [1.165, 1.54) is 19.4 Å². The highest BCUT2D eigenvalue weighted by Gasteiger charge is 2.38. The van der Waals surface area contributed by atoms with Gasteiger partial charge in [0.15, 0.2) is 5.76 Å². The predicted octanol–water partition coefficient (Wildman–Crippen LogP) is 0.832. The first-order chi connectivity index (χ1) is 10.3. The van der Waals surface area contributed by atoms with Crippen LogP contribution < -0.4 is 4.90 Å². The van der Waals surface area contributed by atoms with Crippen LogP contribution in [-0.2, 0) is 0 Å². The first kappa shape index (κ1) is 13.1. The molecule has 4 heteroatoms. The summed E-state index contributed by atoms with van der Waals surface area (Å²) < 4.78 is 5.21. The molecule has 0 spiro atoms. The van der Waals surface area contributed by atoms with Gasteiger partial charge in [0, 0.05) is 5.92 Å². The van der Waals surface area contributed by atoms with Gasteiger partial charge in [-0.2, -0.15) is 0 Å². The van der Waals surface area contributed by atoms with E-state index in [1.54, 1.807) is 23.3 Å². The first-order valence-electron chi connectivity index (χ1n) is 8.14. The Kier molecular flexibility index (Phi) is 3.34. The maximum absolute atomic E-state index is 12.2. The SMILES string of the molecule is O=C(c1ccco1)N1CC[NH+](C[C@H]2C[C@H]3C=C[C@H]2C3)CC1. The number of hydrogen-bond donors (Lipinski definition) is 1. The van der Waals surface area contributed by atoms with Crippen molar-refractivity contribution < 1.29 is 14.1 Å². The molecule has 4 nitrogen and oxygen atoms in total. The van der Waals surface area contributed by atoms with Crippen molar-refractivity contribution in [1.82, 2.24) is 4.90 Å². The maximum Gasteiger partial charge on any atom is 0.289 e. The van der Waals surface area contributed by atoms with Gasteiger partial charge in [-0.3, -0.25) is 4.79 Å². The number of carbonyl (C=O) groups excluding carboxylic acids is 1. The van der Waals surface area contributed by atoms with E-state index in [2.05, 4.69) is 12.2 Å². The van der Waals surface area contributed by atoms with Gasteiger partial charge in [-0.1, -0.05) is 12.2 Å². The Hall–Kier alpha value is -1.55. The largest absolute Gasteiger partial charge is 0.459 e. The van der Waals surface area contributed by atoms with E-state index in [1.807, 2.05) is 4.90 Å². The number of nitrogens with one attached hydrogen (secondary N) is 1. The minimum absolute atomic E-state index is 0.0434. The lowest BCUT2D eigenvalue weighted by Gasteiger charge is -2.34. The third-order valence-corrected chi connectivity index (χ3v) is 5.46. The first-order valence-corrected chi connectivity index (χ1v) is 8.14. The topological polar surface area (TPSA) is 37.9 Å². The Morgan fingerprint density at radius 3 is 2.76 bits per heavy atom. The number of furan rings is 1. The second-order valence-electron chi connectivity index (χ2n) is 6.76. The van der Waals surface area contributed by atoms with Crippen molar-refractivity contribution >= 4 is 5.91 Å². The van der Waals surface area contributed by atoms with E-state index < -0.39 is 0 Å². The number of nitrogens with zero attached hydrogens (tertiary/aromatic N) is 1. The lowest BCUT2D eigenvalue weighted by molar-refractivity contribution is -0.907. The molecule has 21 heavy (non-hydrogen) atoms. The number of fused-ring (bicyclic) bond motifs is 2. The molecule has 3 aliphatic rings. The van der Waals surface area contributed by atoms with Crippen LogP contribution in [-0.4, -0.2) is 43.5 Å². The lowest BCUT2D eigenvalue weighted by atomic mass is 9.93. The molecular formula is C17H23N2O2+. The summed E-state index contributed by atoms with van der Waals surface area (Å²) in [4.78, 5) is 15.8. The van der Waals surface area contributed by atoms with Crippen LogP contribution in [0.3, 0.4) is 0 Å². The number of rotatable bonds is 3. The zero-order valence-electron chi connectivity index (χ0n) is 12.3. The highest BCUT2D eigenvalue weighted by molar-refractivity contribution is 5.91. The second kappa shape index (κ2) is 5.34. The summed E-state index contributed by atoms with van der Waals surface area (Å²) in [5.41, 5.74) is 0. The van der Waals surface area contributed by atoms with Gasteiger partial charge in [0.05, 0.1) is 39.0 Å². The quantitative estimate of drug-likeness (QED) is 0.836. The molecular weight excluding hydrogens is 264 g/mol. The zero-order valence-corrected chi connectivity index (χ0v) is 12.3. The summed E-state index contributed by atoms with van der Waals surface area (Å²) in [6.07, 6.45) is 9.20. The molecule has 2 fully saturated rings. The molecule has 1 aromatic heterocycles. The summed E-state index contributed by atoms with van der Waals surface area (Å²) in [7, 11) is 0. The van der Waals surface area contributed by atoms with Gasteiger partial charge in [-0.25, -0.2) is 0 Å². The van der Waals surface area contributed by atoms with E-state index in [-0.39, 0.29) is 5.91 Å². The van der Waals surface area contributed by atoms with E-state index >= 15 is 0 Å². The molecule has 4 rings (SSSR count). The Bertz CT molecular complexity index is 529. The summed E-state index contributed by atoms with van der Waals surface area (Å²) in [6, 6.07) is 3.53. The molecule has 2 bridgehead atoms. The van der Waals surface area contributed by atoms with Crippen LogP contribution in [0.4, 0.5) is 0 Å². The second-order valence-corrected chi connectivity index (χ2v) is 6.76. The average molecular weight is 287 g/mol. The molecule has 112 valence electrons. The monoisotopic (exact) mass is 287 g/mol. The third-order valence-electron chi connectivity index (χ3n) is 5.46. The Morgan fingerprint density at radius 2 is 2.14 bits per heavy atom. The van der Waals surface area contributed by atoms with Crippen molar-refractivity contribution in [3.05, 3.63) is 36.3 Å². The van der Waals surface area contributed by atoms with Crippen molar-refractivity contribution in [3.63, 3.8) is 0 Å². The molecule has 0 unspecified atom stereocenters. The van der Waals surface area contributed by atoms with E-state index in [0.717, 1.165) is 43.9 Å². The fourth-order valence-electron chi connectivity index (χ4n) is 4.29. The number of quaternary nitrogens is 1. The van der Waals surface area contributed by atoms with E-state index in [4.69, 9.17) is 4.42 Å². The van der Waals surface area contributed by atoms with Gasteiger partial charge in [0.25, 0.3) is 5.91 Å². The van der Waals surface area contributed by atoms with Gasteiger partial charge in [0.1, 0.15) is 0 Å². The summed E-state index contributed by atoms with van der Waals surface area (Å²) >= 11 is 0. The molecule has 3 atom stereocenters. The average Bonchev–Trinajstić information content (AvgIpc) is 3.25. The fraction of sp³-hybridized carbons (Fsp3) is 0.588. The molecule has 1 saturated carbocycles. The van der Waals surface area contributed by atoms with Crippen LogP contribution in [0.15, 0.2) is 35.0 Å². The number of carbonyl (C=O) groups is 1. The van der Waals surface area contributed by atoms with E-state index in [0.29, 0.717) is 5.76 Å². The van der Waals surface area contributed by atoms with Crippen molar-refractivity contribution in [2.24, 2.45) is 17.8 Å². The van der Waals surface area contributed by atoms with Crippen molar-refractivity contribution in [2.45, 2.75) is 12.8 Å². The van der Waals surface area contributed by atoms with E-state index in [9.17, 15) is 4.79 Å². The van der Waals surface area contributed by atoms with Gasteiger partial charge in [-0.15, -0.1) is 0 Å². The highest BCUT2D eigenvalue weighted by Crippen LogP contribution is 2.42. The van der Waals surface area contributed by atoms with Crippen LogP contribution in [0.5, 0.6) is 0 Å². The van der Waals surface area contributed by atoms with Crippen LogP contribution in [0.2, 0.25) is 0 Å². The third kappa shape index (κ3) is 2.53. The Labute approximate surface area is 125 Å². The molecule has 1 amide bonds. The lowest BCUT2D eigenvalue weighted by Crippen LogP contribution is -3.15. The van der Waals surface area contributed by atoms with Crippen LogP contribution in [0.1, 0.15) is 23.4 Å². The van der Waals surface area contributed by atoms with Crippen molar-refractivity contribution in [2.75, 3.05) is 32.7 Å². The van der Waals surface area contributed by atoms with Crippen molar-refractivity contribution in [3.8, 4) is 0 Å². The number of piperazine rings is 1. The molecule has 1 saturated heterocycles. The molecule has 1 N–H and O–H groups in total. The minimum Gasteiger partial charge on any atom is -0.459 e. The Morgan fingerprint density at radius 1 is 1.29 bits per heavy atom. The standard InChI is InChI=1S/C17H22N2O2/c20-17(16-2-1-9-21-16)19-7-5-18(6-8-19)12-15-11-13-3-4-14(15)10-13/h1-4,9,13-15H,5-8,10-12H2/p+1/t13-,14-,15+/m0/s1. The predicted molar refractivity (Wildman–Crippen MR) is 79.0 cm³/mol.